The third-order valence-electron chi connectivity index (χ3n) is 2.87. The van der Waals surface area contributed by atoms with Crippen molar-refractivity contribution >= 4 is 17.6 Å². The van der Waals surface area contributed by atoms with Gasteiger partial charge in [-0.2, -0.15) is 0 Å². The molecular weight excluding hydrogens is 234 g/mol. The zero-order valence-electron chi connectivity index (χ0n) is 10.1. The Morgan fingerprint density at radius 2 is 2.06 bits per heavy atom. The minimum Gasteiger partial charge on any atom is -0.479 e. The molecule has 5 heteroatoms. The first-order valence-electron chi connectivity index (χ1n) is 5.82. The zero-order chi connectivity index (χ0) is 13.1. The summed E-state index contributed by atoms with van der Waals surface area (Å²) in [6.45, 7) is 1.93. The van der Waals surface area contributed by atoms with Gasteiger partial charge in [-0.3, -0.25) is 4.79 Å². The largest absolute Gasteiger partial charge is 0.479 e. The molecule has 0 bridgehead atoms. The Morgan fingerprint density at radius 1 is 1.33 bits per heavy atom. The lowest BCUT2D eigenvalue weighted by Crippen LogP contribution is -2.29. The standard InChI is InChI=1S/C13H15NO4/c1-8-3-2-4-9(7-8)14-12(15)10-5-6-11(18-10)13(16)17/h2-4,7,10-11H,5-6H2,1H3,(H,14,15)(H,16,17)/t10-,11+/m0/s1. The van der Waals surface area contributed by atoms with E-state index in [0.29, 0.717) is 18.5 Å². The van der Waals surface area contributed by atoms with Crippen molar-refractivity contribution in [1.29, 1.82) is 0 Å². The molecule has 2 rings (SSSR count). The number of benzene rings is 1. The summed E-state index contributed by atoms with van der Waals surface area (Å²) >= 11 is 0. The molecule has 5 nitrogen and oxygen atoms in total. The molecule has 1 heterocycles. The summed E-state index contributed by atoms with van der Waals surface area (Å²) in [6.07, 6.45) is -0.722. The maximum atomic E-state index is 11.9. The topological polar surface area (TPSA) is 75.6 Å². The average molecular weight is 249 g/mol. The number of carboxylic acid groups (broad SMARTS) is 1. The first-order chi connectivity index (χ1) is 8.56. The highest BCUT2D eigenvalue weighted by Crippen LogP contribution is 2.21. The predicted octanol–water partition coefficient (Wildman–Crippen LogP) is 1.57. The van der Waals surface area contributed by atoms with Crippen molar-refractivity contribution in [1.82, 2.24) is 0 Å². The predicted molar refractivity (Wildman–Crippen MR) is 65.3 cm³/mol. The van der Waals surface area contributed by atoms with Crippen LogP contribution >= 0.6 is 0 Å². The quantitative estimate of drug-likeness (QED) is 0.852. The lowest BCUT2D eigenvalue weighted by molar-refractivity contribution is -0.150. The van der Waals surface area contributed by atoms with Gasteiger partial charge in [0.05, 0.1) is 0 Å². The summed E-state index contributed by atoms with van der Waals surface area (Å²) in [4.78, 5) is 22.6. The van der Waals surface area contributed by atoms with E-state index in [1.54, 1.807) is 6.07 Å². The number of hydrogen-bond donors (Lipinski definition) is 2. The van der Waals surface area contributed by atoms with Crippen LogP contribution in [0.15, 0.2) is 24.3 Å². The van der Waals surface area contributed by atoms with Gasteiger partial charge in [-0.05, 0) is 37.5 Å². The SMILES string of the molecule is Cc1cccc(NC(=O)[C@@H]2CC[C@H](C(=O)O)O2)c1. The van der Waals surface area contributed by atoms with Crippen LogP contribution in [0.25, 0.3) is 0 Å². The van der Waals surface area contributed by atoms with E-state index >= 15 is 0 Å². The van der Waals surface area contributed by atoms with Crippen molar-refractivity contribution in [3.63, 3.8) is 0 Å². The summed E-state index contributed by atoms with van der Waals surface area (Å²) in [5.74, 6) is -1.30. The van der Waals surface area contributed by atoms with Gasteiger partial charge < -0.3 is 15.2 Å². The fourth-order valence-electron chi connectivity index (χ4n) is 1.96. The first kappa shape index (κ1) is 12.6. The molecule has 1 aliphatic rings. The van der Waals surface area contributed by atoms with Crippen LogP contribution in [0.3, 0.4) is 0 Å². The molecule has 96 valence electrons. The molecular formula is C13H15NO4. The highest BCUT2D eigenvalue weighted by Gasteiger charge is 2.34. The van der Waals surface area contributed by atoms with Crippen LogP contribution in [0.1, 0.15) is 18.4 Å². The molecule has 0 radical (unpaired) electrons. The second kappa shape index (κ2) is 5.18. The Bertz CT molecular complexity index is 472. The third kappa shape index (κ3) is 2.87. The van der Waals surface area contributed by atoms with Crippen molar-refractivity contribution in [3.8, 4) is 0 Å². The van der Waals surface area contributed by atoms with Crippen LogP contribution in [0.2, 0.25) is 0 Å². The lowest BCUT2D eigenvalue weighted by atomic mass is 10.2. The number of rotatable bonds is 3. The Balaban J connectivity index is 1.95. The number of anilines is 1. The highest BCUT2D eigenvalue weighted by molar-refractivity contribution is 5.94. The zero-order valence-corrected chi connectivity index (χ0v) is 10.1. The molecule has 0 aromatic heterocycles. The molecule has 2 N–H and O–H groups in total. The number of carbonyl (C=O) groups is 2. The molecule has 0 saturated carbocycles. The molecule has 1 fully saturated rings. The molecule has 1 saturated heterocycles. The van der Waals surface area contributed by atoms with E-state index in [1.165, 1.54) is 0 Å². The number of nitrogens with one attached hydrogen (secondary N) is 1. The molecule has 1 amide bonds. The average Bonchev–Trinajstić information content (AvgIpc) is 2.78. The van der Waals surface area contributed by atoms with Gasteiger partial charge in [0.25, 0.3) is 5.91 Å². The summed E-state index contributed by atoms with van der Waals surface area (Å²) in [5.41, 5.74) is 1.74. The molecule has 1 aromatic carbocycles. The van der Waals surface area contributed by atoms with Crippen LogP contribution in [0.5, 0.6) is 0 Å². The normalized spacial score (nSPS) is 22.7. The van der Waals surface area contributed by atoms with Crippen molar-refractivity contribution in [2.45, 2.75) is 32.0 Å². The monoisotopic (exact) mass is 249 g/mol. The fourth-order valence-corrected chi connectivity index (χ4v) is 1.96. The van der Waals surface area contributed by atoms with Gasteiger partial charge in [0, 0.05) is 5.69 Å². The summed E-state index contributed by atoms with van der Waals surface area (Å²) < 4.78 is 5.18. The number of hydrogen-bond acceptors (Lipinski definition) is 3. The van der Waals surface area contributed by atoms with E-state index < -0.39 is 18.2 Å². The maximum absolute atomic E-state index is 11.9. The van der Waals surface area contributed by atoms with Crippen molar-refractivity contribution in [2.24, 2.45) is 0 Å². The van der Waals surface area contributed by atoms with Crippen molar-refractivity contribution in [2.75, 3.05) is 5.32 Å². The molecule has 1 aliphatic heterocycles. The Labute approximate surface area is 105 Å². The molecule has 0 spiro atoms. The summed E-state index contributed by atoms with van der Waals surface area (Å²) in [6, 6.07) is 7.42. The number of amides is 1. The van der Waals surface area contributed by atoms with E-state index in [1.807, 2.05) is 25.1 Å². The Morgan fingerprint density at radius 3 is 2.67 bits per heavy atom. The smallest absolute Gasteiger partial charge is 0.332 e. The molecule has 1 aromatic rings. The Hall–Kier alpha value is -1.88. The van der Waals surface area contributed by atoms with Gasteiger partial charge in [0.2, 0.25) is 0 Å². The van der Waals surface area contributed by atoms with Gasteiger partial charge in [-0.25, -0.2) is 4.79 Å². The van der Waals surface area contributed by atoms with E-state index in [9.17, 15) is 9.59 Å². The van der Waals surface area contributed by atoms with Crippen LogP contribution in [-0.2, 0) is 14.3 Å². The van der Waals surface area contributed by atoms with Gasteiger partial charge >= 0.3 is 5.97 Å². The highest BCUT2D eigenvalue weighted by atomic mass is 16.5. The van der Waals surface area contributed by atoms with Gasteiger partial charge in [-0.1, -0.05) is 12.1 Å². The van der Waals surface area contributed by atoms with Crippen LogP contribution in [0.4, 0.5) is 5.69 Å². The van der Waals surface area contributed by atoms with Crippen molar-refractivity contribution < 1.29 is 19.4 Å². The van der Waals surface area contributed by atoms with E-state index in [-0.39, 0.29) is 5.91 Å². The second-order valence-corrected chi connectivity index (χ2v) is 4.39. The number of carboxylic acids is 1. The molecule has 0 aliphatic carbocycles. The van der Waals surface area contributed by atoms with Crippen molar-refractivity contribution in [3.05, 3.63) is 29.8 Å². The van der Waals surface area contributed by atoms with E-state index in [0.717, 1.165) is 5.56 Å². The minimum absolute atomic E-state index is 0.288. The summed E-state index contributed by atoms with van der Waals surface area (Å²) in [7, 11) is 0. The van der Waals surface area contributed by atoms with E-state index in [4.69, 9.17) is 9.84 Å². The summed E-state index contributed by atoms with van der Waals surface area (Å²) in [5, 5.41) is 11.5. The van der Waals surface area contributed by atoms with Crippen LogP contribution in [0, 0.1) is 6.92 Å². The van der Waals surface area contributed by atoms with Gasteiger partial charge in [0.1, 0.15) is 6.10 Å². The third-order valence-corrected chi connectivity index (χ3v) is 2.87. The lowest BCUT2D eigenvalue weighted by Gasteiger charge is -2.12. The van der Waals surface area contributed by atoms with Crippen LogP contribution < -0.4 is 5.32 Å². The number of ether oxygens (including phenoxy) is 1. The number of aliphatic carboxylic acids is 1. The van der Waals surface area contributed by atoms with Crippen LogP contribution in [-0.4, -0.2) is 29.2 Å². The Kier molecular flexibility index (Phi) is 3.62. The van der Waals surface area contributed by atoms with E-state index in [2.05, 4.69) is 5.32 Å². The van der Waals surface area contributed by atoms with Gasteiger partial charge in [-0.15, -0.1) is 0 Å². The maximum Gasteiger partial charge on any atom is 0.332 e. The first-order valence-corrected chi connectivity index (χ1v) is 5.82. The second-order valence-electron chi connectivity index (χ2n) is 4.39. The van der Waals surface area contributed by atoms with Gasteiger partial charge in [0.15, 0.2) is 6.10 Å². The number of carbonyl (C=O) groups excluding carboxylic acids is 1. The molecule has 0 unspecified atom stereocenters. The molecule has 18 heavy (non-hydrogen) atoms. The fraction of sp³-hybridized carbons (Fsp3) is 0.385. The molecule has 2 atom stereocenters. The number of aryl methyl sites for hydroxylation is 1. The minimum atomic E-state index is -1.01.